The van der Waals surface area contributed by atoms with Crippen LogP contribution in [0.4, 0.5) is 11.4 Å². The van der Waals surface area contributed by atoms with E-state index in [9.17, 15) is 0 Å². The molecule has 1 aliphatic rings. The SMILES string of the molecule is C/C=C\CC.CCCCC.CCCl.Clc1ccc(NSc2ccc(N3CCCCCS3)cc2)cc1-c1ncc2ccccc2n1. The van der Waals surface area contributed by atoms with Gasteiger partial charge in [0.1, 0.15) is 0 Å². The number of nitrogens with one attached hydrogen (secondary N) is 1. The molecule has 0 aliphatic carbocycles. The van der Waals surface area contributed by atoms with Crippen LogP contribution in [-0.2, 0) is 0 Å². The number of aromatic nitrogens is 2. The lowest BCUT2D eigenvalue weighted by molar-refractivity contribution is 0.751. The van der Waals surface area contributed by atoms with Crippen LogP contribution in [0.25, 0.3) is 22.3 Å². The second-order valence-electron chi connectivity index (χ2n) is 10.2. The van der Waals surface area contributed by atoms with Gasteiger partial charge in [0.05, 0.1) is 10.5 Å². The molecule has 244 valence electrons. The number of para-hydroxylation sites is 1. The van der Waals surface area contributed by atoms with Gasteiger partial charge in [0.15, 0.2) is 5.82 Å². The van der Waals surface area contributed by atoms with Crippen LogP contribution in [0.2, 0.25) is 5.02 Å². The number of benzene rings is 3. The van der Waals surface area contributed by atoms with Gasteiger partial charge in [-0.05, 0) is 98.6 Å². The molecule has 1 fully saturated rings. The van der Waals surface area contributed by atoms with Crippen molar-refractivity contribution >= 4 is 69.4 Å². The van der Waals surface area contributed by atoms with E-state index in [4.69, 9.17) is 23.2 Å². The van der Waals surface area contributed by atoms with Crippen molar-refractivity contribution in [2.24, 2.45) is 0 Å². The zero-order chi connectivity index (χ0) is 32.7. The average Bonchev–Trinajstić information content (AvgIpc) is 3.36. The number of nitrogens with zero attached hydrogens (tertiary/aromatic N) is 3. The maximum absolute atomic E-state index is 6.48. The summed E-state index contributed by atoms with van der Waals surface area (Å²) in [4.78, 5) is 10.4. The van der Waals surface area contributed by atoms with E-state index in [1.54, 1.807) is 11.9 Å². The van der Waals surface area contributed by atoms with Crippen molar-refractivity contribution in [3.8, 4) is 11.4 Å². The summed E-state index contributed by atoms with van der Waals surface area (Å²) in [6.07, 6.45) is 15.2. The number of halogens is 2. The summed E-state index contributed by atoms with van der Waals surface area (Å²) in [5.74, 6) is 2.55. The van der Waals surface area contributed by atoms with Crippen LogP contribution in [0.1, 0.15) is 79.6 Å². The first-order valence-electron chi connectivity index (χ1n) is 16.1. The summed E-state index contributed by atoms with van der Waals surface area (Å²) in [6, 6.07) is 22.6. The summed E-state index contributed by atoms with van der Waals surface area (Å²) < 4.78 is 5.85. The van der Waals surface area contributed by atoms with Crippen LogP contribution in [0.15, 0.2) is 90.0 Å². The standard InChI is InChI=1S/C25H23ClN4S2.C5H12.C5H10.C2H5Cl/c26-23-13-8-19(16-22(23)25-27-17-18-6-2-3-7-24(18)28-25)29-32-21-11-9-20(10-12-21)30-14-4-1-5-15-31-30;2*1-3-5-4-2;1-2-3/h2-3,6-13,16-17,29H,1,4-5,14-15H2;3-5H2,1-2H3;3,5H,4H2,1-2H3;2H2,1H3/b;;5-3-;. The van der Waals surface area contributed by atoms with Crippen LogP contribution < -0.4 is 9.03 Å². The Kier molecular flexibility index (Phi) is 20.6. The van der Waals surface area contributed by atoms with Crippen molar-refractivity contribution < 1.29 is 0 Å². The minimum Gasteiger partial charge on any atom is -0.326 e. The van der Waals surface area contributed by atoms with Gasteiger partial charge in [0.2, 0.25) is 0 Å². The summed E-state index contributed by atoms with van der Waals surface area (Å²) in [6.45, 7) is 11.6. The first kappa shape index (κ1) is 38.8. The van der Waals surface area contributed by atoms with Crippen molar-refractivity contribution in [1.82, 2.24) is 9.97 Å². The zero-order valence-electron chi connectivity index (χ0n) is 27.6. The predicted molar refractivity (Wildman–Crippen MR) is 206 cm³/mol. The fourth-order valence-corrected chi connectivity index (χ4v) is 6.15. The molecule has 3 aromatic carbocycles. The molecule has 1 N–H and O–H groups in total. The maximum atomic E-state index is 6.48. The second kappa shape index (κ2) is 23.9. The number of fused-ring (bicyclic) bond motifs is 1. The Labute approximate surface area is 291 Å². The van der Waals surface area contributed by atoms with Gasteiger partial charge in [0, 0.05) is 51.6 Å². The zero-order valence-corrected chi connectivity index (χ0v) is 30.7. The van der Waals surface area contributed by atoms with E-state index in [2.05, 4.69) is 76.2 Å². The van der Waals surface area contributed by atoms with Crippen LogP contribution in [0.5, 0.6) is 0 Å². The number of hydrogen-bond donors (Lipinski definition) is 1. The molecule has 0 saturated carbocycles. The predicted octanol–water partition coefficient (Wildman–Crippen LogP) is 13.1. The number of allylic oxidation sites excluding steroid dienone is 2. The van der Waals surface area contributed by atoms with Gasteiger partial charge in [-0.1, -0.05) is 95.3 Å². The minimum atomic E-state index is 0.627. The number of hydrogen-bond acceptors (Lipinski definition) is 6. The Morgan fingerprint density at radius 1 is 0.956 bits per heavy atom. The Morgan fingerprint density at radius 3 is 2.33 bits per heavy atom. The number of unbranched alkanes of at least 4 members (excludes halogenated alkanes) is 2. The van der Waals surface area contributed by atoms with E-state index in [1.165, 1.54) is 50.0 Å². The van der Waals surface area contributed by atoms with Gasteiger partial charge >= 0.3 is 0 Å². The smallest absolute Gasteiger partial charge is 0.161 e. The highest BCUT2D eigenvalue weighted by atomic mass is 35.5. The molecule has 0 bridgehead atoms. The fraction of sp³-hybridized carbons (Fsp3) is 0.405. The van der Waals surface area contributed by atoms with E-state index >= 15 is 0 Å². The molecule has 0 spiro atoms. The van der Waals surface area contributed by atoms with Crippen LogP contribution in [0, 0.1) is 0 Å². The van der Waals surface area contributed by atoms with E-state index < -0.39 is 0 Å². The highest BCUT2D eigenvalue weighted by Crippen LogP contribution is 2.32. The molecule has 2 heterocycles. The molecule has 0 atom stereocenters. The molecule has 1 aromatic heterocycles. The van der Waals surface area contributed by atoms with E-state index in [1.807, 2.05) is 74.5 Å². The largest absolute Gasteiger partial charge is 0.326 e. The molecule has 0 radical (unpaired) electrons. The highest BCUT2D eigenvalue weighted by Gasteiger charge is 2.12. The number of rotatable bonds is 8. The molecule has 8 heteroatoms. The van der Waals surface area contributed by atoms with Gasteiger partial charge in [0.25, 0.3) is 0 Å². The van der Waals surface area contributed by atoms with E-state index in [-0.39, 0.29) is 0 Å². The molecule has 4 nitrogen and oxygen atoms in total. The van der Waals surface area contributed by atoms with Gasteiger partial charge in [-0.2, -0.15) is 0 Å². The number of anilines is 2. The maximum Gasteiger partial charge on any atom is 0.161 e. The topological polar surface area (TPSA) is 41.0 Å². The lowest BCUT2D eigenvalue weighted by Crippen LogP contribution is -2.14. The molecular weight excluding hydrogens is 635 g/mol. The van der Waals surface area contributed by atoms with Crippen molar-refractivity contribution in [1.29, 1.82) is 0 Å². The third-order valence-corrected chi connectivity index (χ3v) is 8.89. The first-order valence-corrected chi connectivity index (χ1v) is 18.8. The van der Waals surface area contributed by atoms with Crippen LogP contribution in [0.3, 0.4) is 0 Å². The van der Waals surface area contributed by atoms with E-state index in [0.29, 0.717) is 10.8 Å². The number of alkyl halides is 1. The van der Waals surface area contributed by atoms with Crippen molar-refractivity contribution in [3.05, 3.63) is 90.1 Å². The fourth-order valence-electron chi connectivity index (χ4n) is 4.23. The molecule has 1 saturated heterocycles. The Balaban J connectivity index is 0.000000463. The molecule has 4 aromatic rings. The van der Waals surface area contributed by atoms with Crippen molar-refractivity contribution in [2.45, 2.75) is 84.5 Å². The third-order valence-electron chi connectivity index (χ3n) is 6.54. The van der Waals surface area contributed by atoms with Gasteiger partial charge in [-0.3, -0.25) is 0 Å². The molecule has 5 rings (SSSR count). The molecule has 1 aliphatic heterocycles. The molecule has 0 amide bonds. The normalized spacial score (nSPS) is 12.6. The van der Waals surface area contributed by atoms with Gasteiger partial charge < -0.3 is 9.03 Å². The molecule has 45 heavy (non-hydrogen) atoms. The lowest BCUT2D eigenvalue weighted by Gasteiger charge is -2.21. The lowest BCUT2D eigenvalue weighted by atomic mass is 10.1. The molecular formula is C37H50Cl2N4S2. The van der Waals surface area contributed by atoms with Gasteiger partial charge in [-0.15, -0.1) is 11.6 Å². The first-order chi connectivity index (χ1) is 22.0. The average molecular weight is 686 g/mol. The summed E-state index contributed by atoms with van der Waals surface area (Å²) in [5, 5.41) is 1.65. The third kappa shape index (κ3) is 14.7. The quantitative estimate of drug-likeness (QED) is 0.113. The van der Waals surface area contributed by atoms with Crippen molar-refractivity contribution in [3.63, 3.8) is 0 Å². The summed E-state index contributed by atoms with van der Waals surface area (Å²) >= 11 is 15.0. The molecule has 0 unspecified atom stereocenters. The second-order valence-corrected chi connectivity index (χ2v) is 13.2. The van der Waals surface area contributed by atoms with E-state index in [0.717, 1.165) is 45.9 Å². The highest BCUT2D eigenvalue weighted by molar-refractivity contribution is 8.00. The van der Waals surface area contributed by atoms with Crippen LogP contribution >= 0.6 is 47.1 Å². The minimum absolute atomic E-state index is 0.627. The Morgan fingerprint density at radius 2 is 1.69 bits per heavy atom. The Bertz CT molecular complexity index is 1370. The summed E-state index contributed by atoms with van der Waals surface area (Å²) in [5.41, 5.74) is 3.96. The van der Waals surface area contributed by atoms with Crippen molar-refractivity contribution in [2.75, 3.05) is 27.2 Å². The monoisotopic (exact) mass is 684 g/mol. The van der Waals surface area contributed by atoms with Crippen LogP contribution in [-0.4, -0.2) is 28.1 Å². The van der Waals surface area contributed by atoms with Gasteiger partial charge in [-0.25, -0.2) is 9.97 Å². The Hall–Kier alpha value is -2.38. The summed E-state index contributed by atoms with van der Waals surface area (Å²) in [7, 11) is 0.